The summed E-state index contributed by atoms with van der Waals surface area (Å²) in [7, 11) is 0. The monoisotopic (exact) mass is 353 g/mol. The zero-order valence-electron chi connectivity index (χ0n) is 13.4. The minimum absolute atomic E-state index is 0.124. The Morgan fingerprint density at radius 1 is 0.962 bits per heavy atom. The number of nitrogens with zero attached hydrogens (tertiary/aromatic N) is 1. The zero-order valence-corrected chi connectivity index (χ0v) is 13.4. The van der Waals surface area contributed by atoms with Crippen LogP contribution in [0, 0.1) is 0 Å². The molecule has 8 nitrogen and oxygen atoms in total. The lowest BCUT2D eigenvalue weighted by molar-refractivity contribution is -0.124. The van der Waals surface area contributed by atoms with Crippen molar-refractivity contribution in [1.82, 2.24) is 10.9 Å². The van der Waals surface area contributed by atoms with E-state index in [2.05, 4.69) is 10.5 Å². The van der Waals surface area contributed by atoms with E-state index < -0.39 is 17.8 Å². The van der Waals surface area contributed by atoms with Crippen molar-refractivity contribution >= 4 is 30.1 Å². The van der Waals surface area contributed by atoms with Crippen LogP contribution < -0.4 is 10.9 Å². The molecule has 0 aliphatic rings. The SMILES string of the molecule is O=C(C=Cc1ccc(C(=O)NN=Cc2cccc(C(=O)O)c2)cc1)NO. The molecular formula is C18H15N3O5. The topological polar surface area (TPSA) is 128 Å². The van der Waals surface area contributed by atoms with E-state index in [1.165, 1.54) is 29.9 Å². The van der Waals surface area contributed by atoms with E-state index in [0.717, 1.165) is 6.08 Å². The van der Waals surface area contributed by atoms with Crippen LogP contribution in [0.2, 0.25) is 0 Å². The number of carbonyl (C=O) groups is 3. The molecule has 0 unspecified atom stereocenters. The molecule has 26 heavy (non-hydrogen) atoms. The summed E-state index contributed by atoms with van der Waals surface area (Å²) in [6.07, 6.45) is 3.96. The summed E-state index contributed by atoms with van der Waals surface area (Å²) in [5, 5.41) is 21.1. The molecule has 2 rings (SSSR count). The summed E-state index contributed by atoms with van der Waals surface area (Å²) in [6.45, 7) is 0. The zero-order chi connectivity index (χ0) is 18.9. The van der Waals surface area contributed by atoms with Gasteiger partial charge in [-0.1, -0.05) is 24.3 Å². The molecule has 8 heteroatoms. The molecule has 2 amide bonds. The summed E-state index contributed by atoms with van der Waals surface area (Å²) >= 11 is 0. The van der Waals surface area contributed by atoms with Gasteiger partial charge in [0.2, 0.25) is 0 Å². The molecule has 0 heterocycles. The van der Waals surface area contributed by atoms with Crippen molar-refractivity contribution in [2.24, 2.45) is 5.10 Å². The Balaban J connectivity index is 1.97. The minimum Gasteiger partial charge on any atom is -0.478 e. The van der Waals surface area contributed by atoms with Crippen LogP contribution in [-0.4, -0.2) is 34.3 Å². The average Bonchev–Trinajstić information content (AvgIpc) is 2.66. The first-order chi connectivity index (χ1) is 12.5. The number of carboxylic acids is 1. The number of carboxylic acid groups (broad SMARTS) is 1. The Hall–Kier alpha value is -3.78. The Morgan fingerprint density at radius 3 is 2.35 bits per heavy atom. The van der Waals surface area contributed by atoms with Crippen molar-refractivity contribution in [3.05, 3.63) is 76.9 Å². The fraction of sp³-hybridized carbons (Fsp3) is 0. The highest BCUT2D eigenvalue weighted by atomic mass is 16.5. The lowest BCUT2D eigenvalue weighted by Crippen LogP contribution is -2.17. The van der Waals surface area contributed by atoms with E-state index in [1.54, 1.807) is 36.4 Å². The Morgan fingerprint density at radius 2 is 1.69 bits per heavy atom. The number of hydroxylamine groups is 1. The van der Waals surface area contributed by atoms with Crippen molar-refractivity contribution in [1.29, 1.82) is 0 Å². The second kappa shape index (κ2) is 8.90. The van der Waals surface area contributed by atoms with Gasteiger partial charge in [-0.15, -0.1) is 0 Å². The maximum Gasteiger partial charge on any atom is 0.335 e. The van der Waals surface area contributed by atoms with Crippen LogP contribution >= 0.6 is 0 Å². The van der Waals surface area contributed by atoms with Crippen molar-refractivity contribution < 1.29 is 24.7 Å². The quantitative estimate of drug-likeness (QED) is 0.272. The molecule has 0 fully saturated rings. The molecule has 2 aromatic rings. The van der Waals surface area contributed by atoms with Crippen LogP contribution in [0.5, 0.6) is 0 Å². The number of aromatic carboxylic acids is 1. The summed E-state index contributed by atoms with van der Waals surface area (Å²) in [5.41, 5.74) is 5.49. The summed E-state index contributed by atoms with van der Waals surface area (Å²) in [4.78, 5) is 33.8. The molecule has 2 aromatic carbocycles. The standard InChI is InChI=1S/C18H15N3O5/c22-16(21-26)9-6-12-4-7-14(8-5-12)17(23)20-19-11-13-2-1-3-15(10-13)18(24)25/h1-11,26H,(H,20,23)(H,21,22)(H,24,25). The van der Waals surface area contributed by atoms with Crippen molar-refractivity contribution in [3.63, 3.8) is 0 Å². The highest BCUT2D eigenvalue weighted by molar-refractivity contribution is 5.96. The molecule has 0 radical (unpaired) electrons. The first kappa shape index (κ1) is 18.6. The second-order valence-corrected chi connectivity index (χ2v) is 5.06. The molecule has 0 saturated heterocycles. The number of hydrogen-bond donors (Lipinski definition) is 4. The first-order valence-electron chi connectivity index (χ1n) is 7.38. The molecule has 0 atom stereocenters. The van der Waals surface area contributed by atoms with Crippen LogP contribution in [0.15, 0.2) is 59.7 Å². The van der Waals surface area contributed by atoms with Gasteiger partial charge >= 0.3 is 5.97 Å². The molecule has 0 aliphatic carbocycles. The molecule has 4 N–H and O–H groups in total. The summed E-state index contributed by atoms with van der Waals surface area (Å²) in [6, 6.07) is 12.5. The van der Waals surface area contributed by atoms with E-state index in [-0.39, 0.29) is 5.56 Å². The molecular weight excluding hydrogens is 338 g/mol. The van der Waals surface area contributed by atoms with E-state index in [9.17, 15) is 14.4 Å². The molecule has 0 bridgehead atoms. The maximum absolute atomic E-state index is 12.0. The Kier molecular flexibility index (Phi) is 6.35. The third-order valence-electron chi connectivity index (χ3n) is 3.22. The normalized spacial score (nSPS) is 10.8. The fourth-order valence-electron chi connectivity index (χ4n) is 1.94. The van der Waals surface area contributed by atoms with Crippen LogP contribution in [0.1, 0.15) is 31.8 Å². The van der Waals surface area contributed by atoms with Gasteiger partial charge < -0.3 is 5.11 Å². The highest BCUT2D eigenvalue weighted by Crippen LogP contribution is 2.07. The molecule has 0 saturated carbocycles. The third kappa shape index (κ3) is 5.39. The van der Waals surface area contributed by atoms with Crippen molar-refractivity contribution in [2.45, 2.75) is 0 Å². The molecule has 0 aliphatic heterocycles. The number of benzene rings is 2. The van der Waals surface area contributed by atoms with Gasteiger partial charge in [-0.2, -0.15) is 5.10 Å². The van der Waals surface area contributed by atoms with Crippen molar-refractivity contribution in [2.75, 3.05) is 0 Å². The van der Waals surface area contributed by atoms with Gasteiger partial charge in [-0.05, 0) is 41.5 Å². The van der Waals surface area contributed by atoms with E-state index >= 15 is 0 Å². The van der Waals surface area contributed by atoms with Gasteiger partial charge in [-0.3, -0.25) is 14.8 Å². The smallest absolute Gasteiger partial charge is 0.335 e. The van der Waals surface area contributed by atoms with Crippen LogP contribution in [0.25, 0.3) is 6.08 Å². The molecule has 0 spiro atoms. The Bertz CT molecular complexity index is 873. The van der Waals surface area contributed by atoms with E-state index in [0.29, 0.717) is 16.7 Å². The number of hydrogen-bond acceptors (Lipinski definition) is 5. The van der Waals surface area contributed by atoms with Gasteiger partial charge in [0.15, 0.2) is 0 Å². The average molecular weight is 353 g/mol. The lowest BCUT2D eigenvalue weighted by Gasteiger charge is -2.01. The predicted molar refractivity (Wildman–Crippen MR) is 93.9 cm³/mol. The lowest BCUT2D eigenvalue weighted by atomic mass is 10.1. The van der Waals surface area contributed by atoms with Gasteiger partial charge in [0.1, 0.15) is 0 Å². The van der Waals surface area contributed by atoms with Crippen molar-refractivity contribution in [3.8, 4) is 0 Å². The molecule has 0 aromatic heterocycles. The summed E-state index contributed by atoms with van der Waals surface area (Å²) in [5.74, 6) is -2.15. The second-order valence-electron chi connectivity index (χ2n) is 5.06. The van der Waals surface area contributed by atoms with E-state index in [4.69, 9.17) is 10.3 Å². The van der Waals surface area contributed by atoms with Crippen LogP contribution in [0.3, 0.4) is 0 Å². The van der Waals surface area contributed by atoms with Crippen LogP contribution in [-0.2, 0) is 4.79 Å². The summed E-state index contributed by atoms with van der Waals surface area (Å²) < 4.78 is 0. The molecule has 132 valence electrons. The Labute approximate surface area is 148 Å². The van der Waals surface area contributed by atoms with Gasteiger partial charge in [-0.25, -0.2) is 15.7 Å². The van der Waals surface area contributed by atoms with Gasteiger partial charge in [0, 0.05) is 11.6 Å². The number of amides is 2. The van der Waals surface area contributed by atoms with Gasteiger partial charge in [0.25, 0.3) is 11.8 Å². The minimum atomic E-state index is -1.05. The van der Waals surface area contributed by atoms with Gasteiger partial charge in [0.05, 0.1) is 11.8 Å². The number of rotatable bonds is 6. The number of carbonyl (C=O) groups excluding carboxylic acids is 2. The van der Waals surface area contributed by atoms with E-state index in [1.807, 2.05) is 0 Å². The number of hydrazone groups is 1. The largest absolute Gasteiger partial charge is 0.478 e. The maximum atomic E-state index is 12.0. The first-order valence-corrected chi connectivity index (χ1v) is 7.38. The van der Waals surface area contributed by atoms with Crippen LogP contribution in [0.4, 0.5) is 0 Å². The predicted octanol–water partition coefficient (Wildman–Crippen LogP) is 1.67. The third-order valence-corrected chi connectivity index (χ3v) is 3.22. The highest BCUT2D eigenvalue weighted by Gasteiger charge is 2.04. The number of nitrogens with one attached hydrogen (secondary N) is 2. The fourth-order valence-corrected chi connectivity index (χ4v) is 1.94.